The van der Waals surface area contributed by atoms with Gasteiger partial charge >= 0.3 is 0 Å². The van der Waals surface area contributed by atoms with Gasteiger partial charge in [-0.2, -0.15) is 0 Å². The van der Waals surface area contributed by atoms with Crippen molar-refractivity contribution in [2.24, 2.45) is 57.1 Å². The molecule has 1 aliphatic heterocycles. The minimum Gasteiger partial charge on any atom is -0.393 e. The molecule has 1 aromatic carbocycles. The number of guanidine groups is 1. The number of nitrogens with zero attached hydrogens (tertiary/aromatic N) is 1. The van der Waals surface area contributed by atoms with Crippen LogP contribution in [0.25, 0.3) is 0 Å². The number of nitrogens with two attached hydrogens (primary N) is 6. The first-order chi connectivity index (χ1) is 36.8. The molecule has 2 rings (SSSR count). The van der Waals surface area contributed by atoms with E-state index in [0.29, 0.717) is 12.0 Å². The number of aliphatic imine (C=N–C) groups is 1. The highest BCUT2D eigenvalue weighted by molar-refractivity contribution is 5.98. The molecule has 434 valence electrons. The Kier molecular flexibility index (Phi) is 32.8. The normalized spacial score (nSPS) is 22.6. The number of amides is 7. The third-order valence-electron chi connectivity index (χ3n) is 13.2. The number of carbonyl (C=O) groups excluding carboxylic acids is 9. The number of aliphatic hydroxyl groups excluding tert-OH is 1. The van der Waals surface area contributed by atoms with Crippen LogP contribution in [0.1, 0.15) is 135 Å². The zero-order valence-electron chi connectivity index (χ0n) is 45.7. The molecule has 0 unspecified atom stereocenters. The van der Waals surface area contributed by atoms with Crippen LogP contribution < -0.4 is 71.6 Å². The topological polar surface area (TPSA) is 427 Å². The number of aliphatic hydroxyl groups is 1. The molecule has 77 heavy (non-hydrogen) atoms. The summed E-state index contributed by atoms with van der Waals surface area (Å²) in [7, 11) is 0. The van der Waals surface area contributed by atoms with Gasteiger partial charge in [0.05, 0.1) is 12.1 Å². The maximum Gasteiger partial charge on any atom is 0.243 e. The second-order valence-electron chi connectivity index (χ2n) is 20.4. The number of ketones is 2. The van der Waals surface area contributed by atoms with E-state index in [-0.39, 0.29) is 128 Å². The Morgan fingerprint density at radius 2 is 1.22 bits per heavy atom. The lowest BCUT2D eigenvalue weighted by molar-refractivity contribution is -0.136. The van der Waals surface area contributed by atoms with Crippen LogP contribution in [0.2, 0.25) is 0 Å². The summed E-state index contributed by atoms with van der Waals surface area (Å²) in [6.07, 6.45) is 3.34. The molecule has 9 atom stereocenters. The SMILES string of the molecule is CCCCCCC[C@@H](O)CC(=O)C[C@H](CCN)C(=O)N[C@H]1CCNC(=O)[C@H](CCCN=C(N)N)NC(=O)[C@H](CCN)NC(=O)[C@H](CCN)NC(=O)[C@H](CC(C)C)NC(=O)[C@@H](Cc2ccccc2)NC(=O)[C@H](CCN)CC1=O. The van der Waals surface area contributed by atoms with Gasteiger partial charge in [-0.05, 0) is 95.4 Å². The van der Waals surface area contributed by atoms with E-state index in [2.05, 4.69) is 49.1 Å². The average Bonchev–Trinajstić information content (AvgIpc) is 3.37. The van der Waals surface area contributed by atoms with Crippen LogP contribution in [-0.4, -0.2) is 146 Å². The summed E-state index contributed by atoms with van der Waals surface area (Å²) < 4.78 is 0. The van der Waals surface area contributed by atoms with E-state index in [1.807, 2.05) is 13.8 Å². The van der Waals surface area contributed by atoms with Crippen molar-refractivity contribution < 1.29 is 48.3 Å². The number of benzene rings is 1. The van der Waals surface area contributed by atoms with Gasteiger partial charge in [-0.15, -0.1) is 0 Å². The molecule has 0 saturated carbocycles. The maximum absolute atomic E-state index is 14.6. The lowest BCUT2D eigenvalue weighted by Gasteiger charge is -2.28. The molecule has 0 bridgehead atoms. The first-order valence-corrected chi connectivity index (χ1v) is 27.5. The van der Waals surface area contributed by atoms with Gasteiger partial charge in [-0.25, -0.2) is 0 Å². The minimum atomic E-state index is -1.36. The van der Waals surface area contributed by atoms with E-state index in [1.54, 1.807) is 30.3 Å². The van der Waals surface area contributed by atoms with Crippen molar-refractivity contribution in [2.45, 2.75) is 179 Å². The largest absolute Gasteiger partial charge is 0.393 e. The maximum atomic E-state index is 14.6. The third-order valence-corrected chi connectivity index (χ3v) is 13.2. The standard InChI is InChI=1S/C53H92N14O10/c1-4-5-6-7-11-15-37(68)32-38(69)30-35(17-22-54)46(71)62-39-21-27-60-48(73)40(16-12-26-61-53(58)59)63-49(74)41(19-24-56)64-50(75)42(20-25-57)65-51(76)43(28-33(2)3)67-52(77)44(29-34-13-9-8-10-14-34)66-47(72)36(18-23-55)31-45(39)70/h8-10,13-14,33,35-37,39-44,68H,4-7,11-12,15-32,54-57H2,1-3H3,(H,60,73)(H,62,71)(H,63,74)(H,64,75)(H,65,76)(H,66,72)(H,67,77)(H4,58,59,61)/t35-,36+,37+,39-,40-,41-,42-,43-,44+/m0/s1. The summed E-state index contributed by atoms with van der Waals surface area (Å²) in [4.78, 5) is 131. The summed E-state index contributed by atoms with van der Waals surface area (Å²) in [6.45, 7) is 5.39. The van der Waals surface area contributed by atoms with E-state index in [1.165, 1.54) is 0 Å². The Bertz CT molecular complexity index is 2040. The van der Waals surface area contributed by atoms with E-state index >= 15 is 0 Å². The Hall–Kier alpha value is -6.08. The summed E-state index contributed by atoms with van der Waals surface area (Å²) in [5.74, 6) is -8.69. The first-order valence-electron chi connectivity index (χ1n) is 27.5. The fraction of sp³-hybridized carbons (Fsp3) is 0.698. The molecule has 0 aliphatic carbocycles. The fourth-order valence-electron chi connectivity index (χ4n) is 9.00. The highest BCUT2D eigenvalue weighted by Gasteiger charge is 2.36. The lowest BCUT2D eigenvalue weighted by Crippen LogP contribution is -2.60. The molecule has 0 spiro atoms. The first kappa shape index (κ1) is 67.0. The van der Waals surface area contributed by atoms with Crippen LogP contribution in [0.15, 0.2) is 35.3 Å². The van der Waals surface area contributed by atoms with Crippen molar-refractivity contribution in [2.75, 3.05) is 39.3 Å². The second-order valence-corrected chi connectivity index (χ2v) is 20.4. The highest BCUT2D eigenvalue weighted by atomic mass is 16.3. The van der Waals surface area contributed by atoms with Crippen molar-refractivity contribution in [3.05, 3.63) is 35.9 Å². The van der Waals surface area contributed by atoms with Crippen LogP contribution >= 0.6 is 0 Å². The third kappa shape index (κ3) is 26.7. The summed E-state index contributed by atoms with van der Waals surface area (Å²) >= 11 is 0. The molecule has 1 aliphatic rings. The number of rotatable bonds is 28. The Morgan fingerprint density at radius 3 is 1.79 bits per heavy atom. The molecule has 1 saturated heterocycles. The summed E-state index contributed by atoms with van der Waals surface area (Å²) in [6, 6.07) is 1.04. The molecular formula is C53H92N14O10. The number of hydrogen-bond acceptors (Lipinski definition) is 15. The van der Waals surface area contributed by atoms with Crippen LogP contribution in [0.4, 0.5) is 0 Å². The average molecular weight is 1090 g/mol. The number of nitrogens with one attached hydrogen (secondary N) is 7. The second kappa shape index (κ2) is 37.7. The lowest BCUT2D eigenvalue weighted by atomic mass is 9.91. The van der Waals surface area contributed by atoms with Gasteiger partial charge < -0.3 is 76.7 Å². The fourth-order valence-corrected chi connectivity index (χ4v) is 9.00. The van der Waals surface area contributed by atoms with Crippen LogP contribution in [0.5, 0.6) is 0 Å². The number of Topliss-reactive ketones (excluding diaryl/α,β-unsaturated/α-hetero) is 2. The molecular weight excluding hydrogens is 993 g/mol. The van der Waals surface area contributed by atoms with Crippen LogP contribution in [-0.2, 0) is 49.6 Å². The molecule has 7 amide bonds. The Labute approximate surface area is 454 Å². The van der Waals surface area contributed by atoms with Gasteiger partial charge in [0.1, 0.15) is 36.0 Å². The van der Waals surface area contributed by atoms with Crippen molar-refractivity contribution in [3.8, 4) is 0 Å². The predicted molar refractivity (Wildman–Crippen MR) is 294 cm³/mol. The van der Waals surface area contributed by atoms with E-state index in [4.69, 9.17) is 34.4 Å². The molecule has 0 radical (unpaired) electrons. The van der Waals surface area contributed by atoms with Gasteiger partial charge in [-0.1, -0.05) is 83.2 Å². The minimum absolute atomic E-state index is 0.00491. The van der Waals surface area contributed by atoms with E-state index < -0.39 is 108 Å². The number of hydrogen-bond donors (Lipinski definition) is 14. The molecule has 0 aromatic heterocycles. The monoisotopic (exact) mass is 1080 g/mol. The van der Waals surface area contributed by atoms with Crippen molar-refractivity contribution in [1.82, 2.24) is 37.2 Å². The van der Waals surface area contributed by atoms with Crippen molar-refractivity contribution >= 4 is 58.9 Å². The van der Waals surface area contributed by atoms with Gasteiger partial charge in [-0.3, -0.25) is 48.1 Å². The summed E-state index contributed by atoms with van der Waals surface area (Å²) in [5.41, 5.74) is 35.4. The predicted octanol–water partition coefficient (Wildman–Crippen LogP) is -1.59. The molecule has 1 fully saturated rings. The van der Waals surface area contributed by atoms with Gasteiger partial charge in [0.2, 0.25) is 41.4 Å². The zero-order valence-corrected chi connectivity index (χ0v) is 45.7. The van der Waals surface area contributed by atoms with Crippen molar-refractivity contribution in [1.29, 1.82) is 0 Å². The van der Waals surface area contributed by atoms with E-state index in [0.717, 1.165) is 32.1 Å². The number of unbranched alkanes of at least 4 members (excludes halogenated alkanes) is 4. The van der Waals surface area contributed by atoms with Gasteiger partial charge in [0, 0.05) is 50.6 Å². The van der Waals surface area contributed by atoms with Crippen molar-refractivity contribution in [3.63, 3.8) is 0 Å². The van der Waals surface area contributed by atoms with Crippen LogP contribution in [0.3, 0.4) is 0 Å². The van der Waals surface area contributed by atoms with E-state index in [9.17, 15) is 48.3 Å². The molecule has 1 aromatic rings. The molecule has 24 nitrogen and oxygen atoms in total. The Balaban J connectivity index is 2.72. The van der Waals surface area contributed by atoms with Crippen LogP contribution in [0, 0.1) is 17.8 Å². The highest BCUT2D eigenvalue weighted by Crippen LogP contribution is 2.18. The zero-order chi connectivity index (χ0) is 57.3. The smallest absolute Gasteiger partial charge is 0.243 e. The van der Waals surface area contributed by atoms with Gasteiger partial charge in [0.25, 0.3) is 0 Å². The van der Waals surface area contributed by atoms with Gasteiger partial charge in [0.15, 0.2) is 11.7 Å². The molecule has 20 N–H and O–H groups in total. The quantitative estimate of drug-likeness (QED) is 0.0256. The number of carbonyl (C=O) groups is 9. The summed E-state index contributed by atoms with van der Waals surface area (Å²) in [5, 5.41) is 29.7. The molecule has 1 heterocycles. The Morgan fingerprint density at radius 1 is 0.662 bits per heavy atom. The molecule has 24 heteroatoms.